The van der Waals surface area contributed by atoms with Gasteiger partial charge in [0.05, 0.1) is 10.9 Å². The van der Waals surface area contributed by atoms with Crippen LogP contribution in [0, 0.1) is 0 Å². The van der Waals surface area contributed by atoms with Gasteiger partial charge in [-0.05, 0) is 62.4 Å². The number of rotatable bonds is 9. The molecule has 1 atom stereocenters. The molecule has 3 rings (SSSR count). The van der Waals surface area contributed by atoms with Crippen molar-refractivity contribution >= 4 is 33.0 Å². The average Bonchev–Trinajstić information content (AvgIpc) is 2.92. The Morgan fingerprint density at radius 3 is 1.49 bits per heavy atom. The van der Waals surface area contributed by atoms with E-state index in [1.165, 1.54) is 14.7 Å². The fourth-order valence-corrected chi connectivity index (χ4v) is 5.55. The molecule has 0 fully saturated rings. The van der Waals surface area contributed by atoms with E-state index < -0.39 is 45.2 Å². The summed E-state index contributed by atoms with van der Waals surface area (Å²) in [6.45, 7) is 8.91. The Labute approximate surface area is 247 Å². The number of benzene rings is 3. The van der Waals surface area contributed by atoms with Crippen molar-refractivity contribution in [1.29, 1.82) is 0 Å². The van der Waals surface area contributed by atoms with Gasteiger partial charge in [0, 0.05) is 11.1 Å². The largest absolute Gasteiger partial charge is 0.743 e. The van der Waals surface area contributed by atoms with Gasteiger partial charge in [0.25, 0.3) is 6.10 Å². The van der Waals surface area contributed by atoms with Gasteiger partial charge in [0.15, 0.2) is 24.8 Å². The van der Waals surface area contributed by atoms with Crippen LogP contribution in [-0.4, -0.2) is 42.4 Å². The molecular weight excluding hydrogens is 619 g/mol. The van der Waals surface area contributed by atoms with E-state index in [0.29, 0.717) is 11.3 Å². The van der Waals surface area contributed by atoms with Crippen LogP contribution in [0.5, 0.6) is 5.75 Å². The Kier molecular flexibility index (Phi) is 11.8. The van der Waals surface area contributed by atoms with E-state index in [1.807, 2.05) is 36.4 Å². The number of carbonyl (C=O) groups excluding carboxylic acids is 2. The summed E-state index contributed by atoms with van der Waals surface area (Å²) in [6, 6.07) is 28.6. The summed E-state index contributed by atoms with van der Waals surface area (Å²) in [6.07, 6.45) is -10.3. The molecule has 7 nitrogen and oxygen atoms in total. The summed E-state index contributed by atoms with van der Waals surface area (Å²) >= 11 is 0. The molecule has 0 spiro atoms. The van der Waals surface area contributed by atoms with Crippen molar-refractivity contribution in [3.8, 4) is 5.75 Å². The molecule has 43 heavy (non-hydrogen) atoms. The molecule has 0 aromatic heterocycles. The number of alkyl halides is 5. The smallest absolute Gasteiger partial charge is 0.432 e. The molecule has 0 saturated carbocycles. The van der Waals surface area contributed by atoms with Gasteiger partial charge in [0.1, 0.15) is 5.75 Å². The predicted molar refractivity (Wildman–Crippen MR) is 147 cm³/mol. The minimum Gasteiger partial charge on any atom is -0.743 e. The van der Waals surface area contributed by atoms with E-state index in [4.69, 9.17) is 4.74 Å². The molecule has 0 saturated heterocycles. The van der Waals surface area contributed by atoms with Gasteiger partial charge < -0.3 is 14.0 Å². The second-order valence-corrected chi connectivity index (χ2v) is 12.2. The lowest BCUT2D eigenvalue weighted by atomic mass is 10.3. The first-order valence-corrected chi connectivity index (χ1v) is 14.6. The summed E-state index contributed by atoms with van der Waals surface area (Å²) in [4.78, 5) is 26.0. The van der Waals surface area contributed by atoms with Crippen LogP contribution in [0.3, 0.4) is 0 Å². The highest BCUT2D eigenvalue weighted by Crippen LogP contribution is 2.38. The van der Waals surface area contributed by atoms with Gasteiger partial charge >= 0.3 is 23.4 Å². The highest BCUT2D eigenvalue weighted by atomic mass is 32.2. The van der Waals surface area contributed by atoms with Crippen LogP contribution in [0.1, 0.15) is 13.8 Å². The Morgan fingerprint density at radius 1 is 0.744 bits per heavy atom. The summed E-state index contributed by atoms with van der Waals surface area (Å²) in [7, 11) is -6.87. The molecule has 0 bridgehead atoms. The Hall–Kier alpha value is -4.01. The van der Waals surface area contributed by atoms with Crippen molar-refractivity contribution in [3.63, 3.8) is 0 Å². The van der Waals surface area contributed by atoms with E-state index in [1.54, 1.807) is 6.92 Å². The van der Waals surface area contributed by atoms with Gasteiger partial charge in [-0.3, -0.25) is 0 Å². The Morgan fingerprint density at radius 2 is 1.14 bits per heavy atom. The summed E-state index contributed by atoms with van der Waals surface area (Å²) < 4.78 is 101. The highest BCUT2D eigenvalue weighted by molar-refractivity contribution is 7.97. The third-order valence-corrected chi connectivity index (χ3v) is 8.20. The molecule has 0 aliphatic rings. The van der Waals surface area contributed by atoms with Crippen LogP contribution >= 0.6 is 0 Å². The van der Waals surface area contributed by atoms with E-state index in [-0.39, 0.29) is 10.9 Å². The van der Waals surface area contributed by atoms with Gasteiger partial charge in [-0.1, -0.05) is 49.6 Å². The molecule has 0 heterocycles. The van der Waals surface area contributed by atoms with Crippen molar-refractivity contribution in [2.24, 2.45) is 0 Å². The van der Waals surface area contributed by atoms with Crippen LogP contribution in [0.2, 0.25) is 0 Å². The van der Waals surface area contributed by atoms with Crippen molar-refractivity contribution in [2.75, 3.05) is 0 Å². The number of hydrogen-bond donors (Lipinski definition) is 0. The first-order valence-electron chi connectivity index (χ1n) is 11.9. The molecule has 14 heteroatoms. The molecule has 230 valence electrons. The molecule has 3 aromatic rings. The van der Waals surface area contributed by atoms with Gasteiger partial charge in [-0.25, -0.2) is 18.0 Å². The van der Waals surface area contributed by atoms with Gasteiger partial charge in [0.2, 0.25) is 0 Å². The van der Waals surface area contributed by atoms with Crippen molar-refractivity contribution in [1.82, 2.24) is 0 Å². The Balaban J connectivity index is 0.000000320. The fraction of sp³-hybridized carbons (Fsp3) is 0.172. The van der Waals surface area contributed by atoms with E-state index >= 15 is 0 Å². The third-order valence-electron chi connectivity index (χ3n) is 5.09. The monoisotopic (exact) mass is 644 g/mol. The predicted octanol–water partition coefficient (Wildman–Crippen LogP) is 6.44. The fourth-order valence-electron chi connectivity index (χ4n) is 3.02. The molecule has 0 aliphatic carbocycles. The standard InChI is InChI=1S/C22H19O2S.C7H7F5O5S/c1-17(2)22(23)24-18-13-15-21(16-14-18)25(19-9-5-3-6-10-19)20-11-7-4-8-12-20;1-3(2)4(13)17-5(6(8,9)10)7(11,12)18(14,15)16/h3-16H,1H2,2H3;5H,1H2,2H3,(H,14,15,16)/q+1;/p-1. The lowest BCUT2D eigenvalue weighted by Crippen LogP contribution is -2.52. The normalized spacial score (nSPS) is 12.4. The first kappa shape index (κ1) is 35.2. The SMILES string of the molecule is C=C(C)C(=O)OC(C(F)(F)F)C(F)(F)S(=O)(=O)[O-].C=C(C)C(=O)Oc1ccc([S+](c2ccccc2)c2ccccc2)cc1. The quantitative estimate of drug-likeness (QED) is 0.0659. The van der Waals surface area contributed by atoms with Crippen molar-refractivity contribution < 1.29 is 54.0 Å². The molecule has 0 aliphatic heterocycles. The number of ether oxygens (including phenoxy) is 2. The molecule has 0 radical (unpaired) electrons. The zero-order chi connectivity index (χ0) is 32.6. The lowest BCUT2D eigenvalue weighted by molar-refractivity contribution is -0.257. The number of halogens is 5. The van der Waals surface area contributed by atoms with Crippen LogP contribution in [-0.2, 0) is 35.3 Å². The molecule has 1 unspecified atom stereocenters. The van der Waals surface area contributed by atoms with E-state index in [2.05, 4.69) is 66.4 Å². The van der Waals surface area contributed by atoms with Crippen LogP contribution in [0.4, 0.5) is 22.0 Å². The minimum absolute atomic E-state index is 0.202. The molecule has 0 N–H and O–H groups in total. The highest BCUT2D eigenvalue weighted by Gasteiger charge is 2.62. The van der Waals surface area contributed by atoms with Gasteiger partial charge in [-0.15, -0.1) is 0 Å². The average molecular weight is 645 g/mol. The molecule has 3 aromatic carbocycles. The molecular formula is C29H25F5O7S2. The van der Waals surface area contributed by atoms with E-state index in [0.717, 1.165) is 6.92 Å². The minimum atomic E-state index is -6.67. The first-order chi connectivity index (χ1) is 19.9. The van der Waals surface area contributed by atoms with Gasteiger partial charge in [-0.2, -0.15) is 22.0 Å². The lowest BCUT2D eigenvalue weighted by Gasteiger charge is -2.29. The maximum atomic E-state index is 12.8. The number of esters is 2. The third kappa shape index (κ3) is 9.76. The van der Waals surface area contributed by atoms with Crippen LogP contribution in [0.15, 0.2) is 124 Å². The summed E-state index contributed by atoms with van der Waals surface area (Å²) in [5.74, 6) is -1.78. The number of carbonyl (C=O) groups is 2. The zero-order valence-electron chi connectivity index (χ0n) is 22.6. The summed E-state index contributed by atoms with van der Waals surface area (Å²) in [5, 5.41) is -5.84. The topological polar surface area (TPSA) is 110 Å². The van der Waals surface area contributed by atoms with Crippen molar-refractivity contribution in [2.45, 2.75) is 46.1 Å². The number of hydrogen-bond acceptors (Lipinski definition) is 7. The second kappa shape index (κ2) is 14.4. The van der Waals surface area contributed by atoms with Crippen LogP contribution < -0.4 is 4.74 Å². The van der Waals surface area contributed by atoms with Crippen LogP contribution in [0.25, 0.3) is 0 Å². The maximum absolute atomic E-state index is 12.8. The van der Waals surface area contributed by atoms with E-state index in [9.17, 15) is 44.5 Å². The van der Waals surface area contributed by atoms with Crippen molar-refractivity contribution in [3.05, 3.63) is 109 Å². The molecule has 0 amide bonds. The zero-order valence-corrected chi connectivity index (χ0v) is 24.3. The summed E-state index contributed by atoms with van der Waals surface area (Å²) in [5.41, 5.74) is -0.291. The Bertz CT molecular complexity index is 1500. The second-order valence-electron chi connectivity index (χ2n) is 8.70. The maximum Gasteiger partial charge on any atom is 0.432 e.